The van der Waals surface area contributed by atoms with Gasteiger partial charge >= 0.3 is 0 Å². The van der Waals surface area contributed by atoms with E-state index in [1.165, 1.54) is 0 Å². The predicted molar refractivity (Wildman–Crippen MR) is 167 cm³/mol. The van der Waals surface area contributed by atoms with Gasteiger partial charge in [0.05, 0.1) is 12.1 Å². The summed E-state index contributed by atoms with van der Waals surface area (Å²) in [6.45, 7) is 11.1. The summed E-state index contributed by atoms with van der Waals surface area (Å²) in [5.74, 6) is -2.60. The van der Waals surface area contributed by atoms with E-state index in [1.54, 1.807) is 4.90 Å². The van der Waals surface area contributed by atoms with E-state index in [0.29, 0.717) is 31.7 Å². The maximum Gasteiger partial charge on any atom is 0.285 e. The lowest BCUT2D eigenvalue weighted by atomic mass is 9.73. The summed E-state index contributed by atoms with van der Waals surface area (Å²) in [7, 11) is 0. The van der Waals surface area contributed by atoms with Crippen molar-refractivity contribution < 1.29 is 29.1 Å². The summed E-state index contributed by atoms with van der Waals surface area (Å²) in [6.07, 6.45) is 10.8. The Hall–Kier alpha value is -2.09. The number of nitrogens with two attached hydrogens (primary N) is 1. The third-order valence-electron chi connectivity index (χ3n) is 13.5. The van der Waals surface area contributed by atoms with Gasteiger partial charge in [-0.3, -0.25) is 24.0 Å². The monoisotopic (exact) mass is 612 g/mol. The molecule has 3 N–H and O–H groups in total. The number of primary amides is 1. The van der Waals surface area contributed by atoms with Crippen LogP contribution in [0.3, 0.4) is 0 Å². The number of aliphatic hydroxyl groups is 1. The predicted octanol–water partition coefficient (Wildman–Crippen LogP) is 5.17. The van der Waals surface area contributed by atoms with Gasteiger partial charge < -0.3 is 15.7 Å². The van der Waals surface area contributed by atoms with Gasteiger partial charge in [0.2, 0.25) is 11.7 Å². The fraction of sp³-hybridized carbons (Fsp3) is 0.861. The van der Waals surface area contributed by atoms with Gasteiger partial charge in [-0.25, -0.2) is 0 Å². The van der Waals surface area contributed by atoms with Crippen LogP contribution in [0.2, 0.25) is 0 Å². The van der Waals surface area contributed by atoms with Gasteiger partial charge in [0, 0.05) is 43.1 Å². The first-order chi connectivity index (χ1) is 20.5. The highest BCUT2D eigenvalue weighted by atomic mass is 16.3. The third-order valence-corrected chi connectivity index (χ3v) is 13.5. The molecule has 8 heteroatoms. The second-order valence-electron chi connectivity index (χ2n) is 17.0. The molecule has 0 radical (unpaired) electrons. The molecule has 4 aliphatic carbocycles. The highest BCUT2D eigenvalue weighted by Gasteiger charge is 2.85. The molecule has 1 aliphatic heterocycles. The van der Waals surface area contributed by atoms with Crippen molar-refractivity contribution in [2.45, 2.75) is 143 Å². The lowest BCUT2D eigenvalue weighted by molar-refractivity contribution is -0.147. The van der Waals surface area contributed by atoms with E-state index >= 15 is 0 Å². The van der Waals surface area contributed by atoms with E-state index < -0.39 is 35.0 Å². The molecule has 44 heavy (non-hydrogen) atoms. The van der Waals surface area contributed by atoms with Crippen LogP contribution in [0.5, 0.6) is 0 Å². The molecule has 1 heterocycles. The highest BCUT2D eigenvalue weighted by molar-refractivity contribution is 6.36. The number of fused-ring (bicyclic) bond motifs is 1. The number of likely N-dealkylation sites (tertiary alicyclic amines) is 1. The molecule has 5 fully saturated rings. The summed E-state index contributed by atoms with van der Waals surface area (Å²) in [5.41, 5.74) is 4.91. The summed E-state index contributed by atoms with van der Waals surface area (Å²) in [6, 6.07) is -0.661. The zero-order valence-corrected chi connectivity index (χ0v) is 27.8. The molecular weight excluding hydrogens is 556 g/mol. The topological polar surface area (TPSA) is 135 Å². The van der Waals surface area contributed by atoms with Crippen LogP contribution in [0.1, 0.15) is 131 Å². The van der Waals surface area contributed by atoms with Gasteiger partial charge in [-0.15, -0.1) is 0 Å². The molecule has 2 amide bonds. The van der Waals surface area contributed by atoms with Crippen molar-refractivity contribution in [1.82, 2.24) is 4.90 Å². The van der Waals surface area contributed by atoms with E-state index in [-0.39, 0.29) is 58.6 Å². The lowest BCUT2D eigenvalue weighted by Gasteiger charge is -2.36. The van der Waals surface area contributed by atoms with Crippen LogP contribution in [0.15, 0.2) is 0 Å². The SMILES string of the molecule is CC(C)(C)[C@H](CC(=O)CC1CCC(O)CC1)C(=O)N1C[C@]2(C[C@H]1C(=O)CC(CC1CCC1)C(=O)C(N)=O)C(C)(C)C21CCC1. The quantitative estimate of drug-likeness (QED) is 0.292. The molecule has 0 aromatic heterocycles. The first kappa shape index (κ1) is 33.3. The average molecular weight is 613 g/mol. The molecule has 4 saturated carbocycles. The zero-order chi connectivity index (χ0) is 32.2. The zero-order valence-electron chi connectivity index (χ0n) is 27.8. The van der Waals surface area contributed by atoms with E-state index in [4.69, 9.17) is 5.73 Å². The number of carbonyl (C=O) groups is 5. The maximum atomic E-state index is 14.6. The van der Waals surface area contributed by atoms with Crippen molar-refractivity contribution in [2.24, 2.45) is 51.1 Å². The number of carbonyl (C=O) groups excluding carboxylic acids is 5. The van der Waals surface area contributed by atoms with Gasteiger partial charge in [-0.2, -0.15) is 0 Å². The maximum absolute atomic E-state index is 14.6. The Morgan fingerprint density at radius 3 is 2.00 bits per heavy atom. The van der Waals surface area contributed by atoms with Crippen LogP contribution in [-0.4, -0.2) is 57.9 Å². The standard InChI is InChI=1S/C36H56N2O6/c1-33(2,3)27(19-26(40)17-23-10-12-25(39)13-11-23)32(44)38-21-36(34(4,5)35(36)14-7-15-35)20-28(38)29(41)18-24(30(42)31(37)43)16-22-8-6-9-22/h22-25,27-28,39H,6-21H2,1-5H3,(H2,37,43)/t23?,24?,25?,27-,28+,36-/m1/s1. The Morgan fingerprint density at radius 2 is 1.52 bits per heavy atom. The summed E-state index contributed by atoms with van der Waals surface area (Å²) >= 11 is 0. The molecule has 0 bridgehead atoms. The molecule has 0 aromatic rings. The summed E-state index contributed by atoms with van der Waals surface area (Å²) in [5, 5.41) is 9.89. The van der Waals surface area contributed by atoms with Crippen molar-refractivity contribution >= 4 is 29.2 Å². The molecule has 246 valence electrons. The van der Waals surface area contributed by atoms with Crippen molar-refractivity contribution in [3.8, 4) is 0 Å². The lowest BCUT2D eigenvalue weighted by Crippen LogP contribution is -2.48. The van der Waals surface area contributed by atoms with Crippen LogP contribution in [0.25, 0.3) is 0 Å². The minimum Gasteiger partial charge on any atom is -0.393 e. The van der Waals surface area contributed by atoms with Gasteiger partial charge in [0.25, 0.3) is 5.91 Å². The smallest absolute Gasteiger partial charge is 0.285 e. The number of hydrogen-bond donors (Lipinski definition) is 2. The Bertz CT molecular complexity index is 1170. The van der Waals surface area contributed by atoms with Crippen molar-refractivity contribution in [3.05, 3.63) is 0 Å². The summed E-state index contributed by atoms with van der Waals surface area (Å²) < 4.78 is 0. The molecule has 2 spiro atoms. The Kier molecular flexibility index (Phi) is 9.02. The number of Topliss-reactive ketones (excluding diaryl/α,β-unsaturated/α-hetero) is 3. The fourth-order valence-electron chi connectivity index (χ4n) is 10.1. The number of aliphatic hydroxyl groups excluding tert-OH is 1. The number of amides is 2. The Morgan fingerprint density at radius 1 is 0.886 bits per heavy atom. The average Bonchev–Trinajstić information content (AvgIpc) is 3.12. The fourth-order valence-corrected chi connectivity index (χ4v) is 10.1. The van der Waals surface area contributed by atoms with Crippen LogP contribution >= 0.6 is 0 Å². The highest BCUT2D eigenvalue weighted by Crippen LogP contribution is 2.88. The first-order valence-corrected chi connectivity index (χ1v) is 17.4. The first-order valence-electron chi connectivity index (χ1n) is 17.4. The van der Waals surface area contributed by atoms with Gasteiger partial charge in [-0.1, -0.05) is 60.3 Å². The van der Waals surface area contributed by atoms with Crippen molar-refractivity contribution in [1.29, 1.82) is 0 Å². The minimum absolute atomic E-state index is 0.00121. The van der Waals surface area contributed by atoms with Crippen molar-refractivity contribution in [2.75, 3.05) is 6.54 Å². The van der Waals surface area contributed by atoms with Crippen molar-refractivity contribution in [3.63, 3.8) is 0 Å². The van der Waals surface area contributed by atoms with E-state index in [2.05, 4.69) is 13.8 Å². The molecule has 4 atom stereocenters. The molecule has 5 aliphatic rings. The number of hydrogen-bond acceptors (Lipinski definition) is 6. The molecule has 1 saturated heterocycles. The van der Waals surface area contributed by atoms with E-state index in [1.807, 2.05) is 20.8 Å². The molecule has 5 rings (SSSR count). The number of nitrogens with zero attached hydrogens (tertiary/aromatic N) is 1. The number of rotatable bonds is 12. The van der Waals surface area contributed by atoms with Crippen LogP contribution in [0.4, 0.5) is 0 Å². The van der Waals surface area contributed by atoms with Crippen LogP contribution < -0.4 is 5.73 Å². The molecular formula is C36H56N2O6. The van der Waals surface area contributed by atoms with E-state index in [9.17, 15) is 29.1 Å². The molecule has 1 unspecified atom stereocenters. The van der Waals surface area contributed by atoms with Gasteiger partial charge in [0.1, 0.15) is 5.78 Å². The normalized spacial score (nSPS) is 32.0. The van der Waals surface area contributed by atoms with Gasteiger partial charge in [-0.05, 0) is 79.4 Å². The Labute approximate surface area is 263 Å². The molecule has 0 aromatic carbocycles. The minimum atomic E-state index is -0.992. The van der Waals surface area contributed by atoms with Crippen LogP contribution in [0, 0.1) is 45.3 Å². The second-order valence-corrected chi connectivity index (χ2v) is 17.0. The summed E-state index contributed by atoms with van der Waals surface area (Å²) in [4.78, 5) is 68.9. The largest absolute Gasteiger partial charge is 0.393 e. The van der Waals surface area contributed by atoms with E-state index in [0.717, 1.165) is 64.2 Å². The van der Waals surface area contributed by atoms with Gasteiger partial charge in [0.15, 0.2) is 5.78 Å². The second kappa shape index (κ2) is 11.9. The Balaban J connectivity index is 1.38. The molecule has 8 nitrogen and oxygen atoms in total. The number of ketones is 3. The van der Waals surface area contributed by atoms with Crippen LogP contribution in [-0.2, 0) is 24.0 Å². The third kappa shape index (κ3) is 5.71.